The van der Waals surface area contributed by atoms with Crippen LogP contribution < -0.4 is 5.32 Å². The second kappa shape index (κ2) is 9.22. The van der Waals surface area contributed by atoms with Crippen molar-refractivity contribution in [3.8, 4) is 0 Å². The minimum Gasteiger partial charge on any atom is -0.348 e. The number of rotatable bonds is 7. The quantitative estimate of drug-likeness (QED) is 0.634. The number of carbonyl (C=O) groups is 1. The van der Waals surface area contributed by atoms with Gasteiger partial charge in [0.15, 0.2) is 0 Å². The fraction of sp³-hybridized carbons (Fsp3) is 0.250. The lowest BCUT2D eigenvalue weighted by Gasteiger charge is -2.18. The largest absolute Gasteiger partial charge is 0.348 e. The van der Waals surface area contributed by atoms with E-state index in [-0.39, 0.29) is 18.4 Å². The number of benzene rings is 1. The molecule has 152 valence electrons. The van der Waals surface area contributed by atoms with Crippen molar-refractivity contribution in [1.82, 2.24) is 15.3 Å². The number of hydrogen-bond acceptors (Lipinski definition) is 5. The average molecular weight is 417 g/mol. The Morgan fingerprint density at radius 1 is 1.17 bits per heavy atom. The molecule has 5 nitrogen and oxygen atoms in total. The summed E-state index contributed by atoms with van der Waals surface area (Å²) in [4.78, 5) is 26.2. The van der Waals surface area contributed by atoms with Crippen LogP contribution in [0, 0.1) is 6.92 Å². The fourth-order valence-electron chi connectivity index (χ4n) is 3.66. The fourth-order valence-corrected chi connectivity index (χ4v) is 4.27. The van der Waals surface area contributed by atoms with Gasteiger partial charge in [0, 0.05) is 35.0 Å². The van der Waals surface area contributed by atoms with E-state index < -0.39 is 0 Å². The van der Waals surface area contributed by atoms with E-state index in [1.54, 1.807) is 18.0 Å². The van der Waals surface area contributed by atoms with Gasteiger partial charge in [-0.15, -0.1) is 0 Å². The lowest BCUT2D eigenvalue weighted by molar-refractivity contribution is -0.121. The molecule has 0 spiro atoms. The Morgan fingerprint density at radius 3 is 2.77 bits per heavy atom. The van der Waals surface area contributed by atoms with E-state index in [4.69, 9.17) is 4.99 Å². The number of nitrogens with zero attached hydrogens (tertiary/aromatic N) is 3. The summed E-state index contributed by atoms with van der Waals surface area (Å²) in [6.07, 6.45) is 5.95. The predicted molar refractivity (Wildman–Crippen MR) is 122 cm³/mol. The van der Waals surface area contributed by atoms with Gasteiger partial charge in [-0.3, -0.25) is 19.8 Å². The van der Waals surface area contributed by atoms with E-state index in [9.17, 15) is 4.79 Å². The molecule has 0 radical (unpaired) electrons. The van der Waals surface area contributed by atoms with Gasteiger partial charge in [0.2, 0.25) is 5.91 Å². The van der Waals surface area contributed by atoms with Crippen molar-refractivity contribution >= 4 is 23.4 Å². The van der Waals surface area contributed by atoms with Crippen molar-refractivity contribution in [2.75, 3.05) is 12.0 Å². The number of amides is 1. The smallest absolute Gasteiger partial charge is 0.226 e. The molecule has 2 aromatic heterocycles. The Hall–Kier alpha value is -2.99. The lowest BCUT2D eigenvalue weighted by atomic mass is 10.0. The van der Waals surface area contributed by atoms with Crippen LogP contribution in [0.4, 0.5) is 0 Å². The summed E-state index contributed by atoms with van der Waals surface area (Å²) >= 11 is 1.72. The zero-order valence-electron chi connectivity index (χ0n) is 17.1. The normalized spacial score (nSPS) is 13.5. The SMILES string of the molecule is CSC[C@@H](NC(=O)Cc1cc2c(cn1)C(c1ccnc(C)c1)=NC2)c1ccccc1. The summed E-state index contributed by atoms with van der Waals surface area (Å²) in [7, 11) is 0. The van der Waals surface area contributed by atoms with Crippen molar-refractivity contribution in [1.29, 1.82) is 0 Å². The molecule has 0 fully saturated rings. The summed E-state index contributed by atoms with van der Waals surface area (Å²) in [5.74, 6) is 0.810. The molecule has 1 atom stereocenters. The van der Waals surface area contributed by atoms with Crippen molar-refractivity contribution in [3.63, 3.8) is 0 Å². The molecule has 1 N–H and O–H groups in total. The van der Waals surface area contributed by atoms with Crippen LogP contribution in [0.15, 0.2) is 65.9 Å². The molecule has 0 aliphatic carbocycles. The monoisotopic (exact) mass is 416 g/mol. The van der Waals surface area contributed by atoms with E-state index >= 15 is 0 Å². The van der Waals surface area contributed by atoms with Gasteiger partial charge in [0.05, 0.1) is 30.4 Å². The molecule has 1 aliphatic heterocycles. The molecular formula is C24H24N4OS. The molecule has 1 amide bonds. The number of aliphatic imine (C=N–C) groups is 1. The third-order valence-electron chi connectivity index (χ3n) is 5.09. The Morgan fingerprint density at radius 2 is 2.00 bits per heavy atom. The van der Waals surface area contributed by atoms with Crippen molar-refractivity contribution < 1.29 is 4.79 Å². The maximum Gasteiger partial charge on any atom is 0.226 e. The number of hydrogen-bond donors (Lipinski definition) is 1. The first-order valence-corrected chi connectivity index (χ1v) is 11.3. The number of thioether (sulfide) groups is 1. The minimum absolute atomic E-state index is 0.00649. The third-order valence-corrected chi connectivity index (χ3v) is 5.76. The highest BCUT2D eigenvalue weighted by atomic mass is 32.2. The molecule has 0 saturated heterocycles. The molecule has 3 aromatic rings. The van der Waals surface area contributed by atoms with E-state index in [0.29, 0.717) is 6.54 Å². The van der Waals surface area contributed by atoms with Crippen molar-refractivity contribution in [3.05, 3.63) is 94.6 Å². The zero-order valence-corrected chi connectivity index (χ0v) is 17.9. The molecule has 0 unspecified atom stereocenters. The average Bonchev–Trinajstić information content (AvgIpc) is 3.17. The van der Waals surface area contributed by atoms with E-state index in [1.165, 1.54) is 0 Å². The number of fused-ring (bicyclic) bond motifs is 1. The Balaban J connectivity index is 1.46. The summed E-state index contributed by atoms with van der Waals surface area (Å²) in [5, 5.41) is 3.16. The Bertz CT molecular complexity index is 1080. The van der Waals surface area contributed by atoms with Crippen molar-refractivity contribution in [2.24, 2.45) is 4.99 Å². The van der Waals surface area contributed by atoms with Crippen LogP contribution >= 0.6 is 11.8 Å². The Labute approximate surface area is 181 Å². The van der Waals surface area contributed by atoms with Gasteiger partial charge in [-0.25, -0.2) is 0 Å². The van der Waals surface area contributed by atoms with Crippen LogP contribution in [0.2, 0.25) is 0 Å². The zero-order chi connectivity index (χ0) is 20.9. The van der Waals surface area contributed by atoms with E-state index in [0.717, 1.165) is 45.1 Å². The van der Waals surface area contributed by atoms with E-state index in [2.05, 4.69) is 27.4 Å². The molecule has 6 heteroatoms. The number of aryl methyl sites for hydroxylation is 1. The Kier molecular flexibility index (Phi) is 6.23. The summed E-state index contributed by atoms with van der Waals surface area (Å²) in [5.41, 5.74) is 7.00. The van der Waals surface area contributed by atoms with Crippen LogP contribution in [0.3, 0.4) is 0 Å². The van der Waals surface area contributed by atoms with Crippen LogP contribution in [-0.2, 0) is 17.8 Å². The maximum absolute atomic E-state index is 12.7. The number of carbonyl (C=O) groups excluding carboxylic acids is 1. The maximum atomic E-state index is 12.7. The topological polar surface area (TPSA) is 67.2 Å². The summed E-state index contributed by atoms with van der Waals surface area (Å²) in [6, 6.07) is 16.1. The van der Waals surface area contributed by atoms with Gasteiger partial charge in [0.25, 0.3) is 0 Å². The minimum atomic E-state index is -0.0192. The number of nitrogens with one attached hydrogen (secondary N) is 1. The number of pyridine rings is 2. The molecule has 30 heavy (non-hydrogen) atoms. The van der Waals surface area contributed by atoms with Gasteiger partial charge >= 0.3 is 0 Å². The predicted octanol–water partition coefficient (Wildman–Crippen LogP) is 3.90. The first-order chi connectivity index (χ1) is 14.6. The summed E-state index contributed by atoms with van der Waals surface area (Å²) in [6.45, 7) is 2.59. The summed E-state index contributed by atoms with van der Waals surface area (Å²) < 4.78 is 0. The van der Waals surface area contributed by atoms with Crippen LogP contribution in [-0.4, -0.2) is 33.6 Å². The first-order valence-electron chi connectivity index (χ1n) is 9.93. The lowest BCUT2D eigenvalue weighted by Crippen LogP contribution is -2.31. The van der Waals surface area contributed by atoms with Gasteiger partial charge in [-0.2, -0.15) is 11.8 Å². The van der Waals surface area contributed by atoms with Gasteiger partial charge in [0.1, 0.15) is 0 Å². The highest BCUT2D eigenvalue weighted by Gasteiger charge is 2.20. The standard InChI is InChI=1S/C24H24N4OS/c1-16-10-18(8-9-25-16)24-21-14-26-20(11-19(21)13-27-24)12-23(29)28-22(15-30-2)17-6-4-3-5-7-17/h3-11,14,22H,12-13,15H2,1-2H3,(H,28,29)/t22-/m1/s1. The van der Waals surface area contributed by atoms with Crippen LogP contribution in [0.1, 0.15) is 39.7 Å². The number of aromatic nitrogens is 2. The van der Waals surface area contributed by atoms with Gasteiger partial charge in [-0.1, -0.05) is 30.3 Å². The van der Waals surface area contributed by atoms with E-state index in [1.807, 2.05) is 55.8 Å². The highest BCUT2D eigenvalue weighted by molar-refractivity contribution is 7.98. The second-order valence-electron chi connectivity index (χ2n) is 7.35. The second-order valence-corrected chi connectivity index (χ2v) is 8.26. The van der Waals surface area contributed by atoms with Crippen molar-refractivity contribution in [2.45, 2.75) is 25.9 Å². The first kappa shape index (κ1) is 20.3. The third kappa shape index (κ3) is 4.60. The molecular weight excluding hydrogens is 392 g/mol. The van der Waals surface area contributed by atoms with Gasteiger partial charge in [-0.05, 0) is 42.5 Å². The molecule has 1 aliphatic rings. The highest BCUT2D eigenvalue weighted by Crippen LogP contribution is 2.24. The van der Waals surface area contributed by atoms with Gasteiger partial charge < -0.3 is 5.32 Å². The molecule has 0 saturated carbocycles. The molecule has 4 rings (SSSR count). The van der Waals surface area contributed by atoms with Crippen LogP contribution in [0.25, 0.3) is 0 Å². The molecule has 1 aromatic carbocycles. The molecule has 0 bridgehead atoms. The molecule has 3 heterocycles. The van der Waals surface area contributed by atoms with Crippen LogP contribution in [0.5, 0.6) is 0 Å².